The lowest BCUT2D eigenvalue weighted by Gasteiger charge is -2.23. The predicted molar refractivity (Wildman–Crippen MR) is 95.2 cm³/mol. The van der Waals surface area contributed by atoms with Crippen molar-refractivity contribution in [1.82, 2.24) is 5.32 Å². The second-order valence-electron chi connectivity index (χ2n) is 6.57. The van der Waals surface area contributed by atoms with Crippen LogP contribution in [0.4, 0.5) is 11.4 Å². The Balaban J connectivity index is 1.93. The molecule has 0 aromatic heterocycles. The number of methoxy groups -OCH3 is 1. The van der Waals surface area contributed by atoms with Crippen LogP contribution in [0.5, 0.6) is 0 Å². The molecule has 24 heavy (non-hydrogen) atoms. The van der Waals surface area contributed by atoms with Crippen molar-refractivity contribution in [3.05, 3.63) is 24.3 Å². The van der Waals surface area contributed by atoms with E-state index < -0.39 is 5.41 Å². The van der Waals surface area contributed by atoms with E-state index in [1.807, 2.05) is 24.3 Å². The fraction of sp³-hybridized carbons (Fsp3) is 0.556. The van der Waals surface area contributed by atoms with Gasteiger partial charge in [-0.25, -0.2) is 0 Å². The first kappa shape index (κ1) is 18.3. The molecule has 0 bridgehead atoms. The van der Waals surface area contributed by atoms with Crippen molar-refractivity contribution in [2.75, 3.05) is 43.6 Å². The molecule has 1 aromatic carbocycles. The first-order chi connectivity index (χ1) is 11.4. The highest BCUT2D eigenvalue weighted by Crippen LogP contribution is 2.24. The molecule has 1 saturated heterocycles. The normalized spacial score (nSPS) is 14.5. The molecule has 6 heteroatoms. The number of ether oxygens (including phenoxy) is 1. The van der Waals surface area contributed by atoms with Gasteiger partial charge in [0.2, 0.25) is 11.8 Å². The molecule has 0 aliphatic carbocycles. The number of hydrogen-bond acceptors (Lipinski definition) is 4. The highest BCUT2D eigenvalue weighted by Gasteiger charge is 2.35. The molecule has 1 aliphatic rings. The molecule has 1 fully saturated rings. The van der Waals surface area contributed by atoms with Crippen molar-refractivity contribution in [3.8, 4) is 0 Å². The smallest absolute Gasteiger partial charge is 0.239 e. The lowest BCUT2D eigenvalue weighted by atomic mass is 9.91. The number of amides is 2. The molecule has 132 valence electrons. The Bertz CT molecular complexity index is 563. The maximum Gasteiger partial charge on any atom is 0.239 e. The van der Waals surface area contributed by atoms with Gasteiger partial charge in [-0.1, -0.05) is 0 Å². The van der Waals surface area contributed by atoms with E-state index >= 15 is 0 Å². The minimum absolute atomic E-state index is 0.314. The molecule has 0 radical (unpaired) electrons. The summed E-state index contributed by atoms with van der Waals surface area (Å²) in [5.74, 6) is -0.642. The molecule has 2 N–H and O–H groups in total. The minimum Gasteiger partial charge on any atom is -0.383 e. The van der Waals surface area contributed by atoms with Crippen LogP contribution in [0, 0.1) is 5.41 Å². The summed E-state index contributed by atoms with van der Waals surface area (Å²) in [6.07, 6.45) is 2.45. The summed E-state index contributed by atoms with van der Waals surface area (Å²) in [6, 6.07) is 7.77. The van der Waals surface area contributed by atoms with Crippen molar-refractivity contribution in [1.29, 1.82) is 0 Å². The Morgan fingerprint density at radius 3 is 2.33 bits per heavy atom. The number of nitrogens with zero attached hydrogens (tertiary/aromatic N) is 1. The Morgan fingerprint density at radius 1 is 1.12 bits per heavy atom. The van der Waals surface area contributed by atoms with Crippen LogP contribution in [-0.4, -0.2) is 45.2 Å². The largest absolute Gasteiger partial charge is 0.383 e. The monoisotopic (exact) mass is 333 g/mol. The van der Waals surface area contributed by atoms with Gasteiger partial charge in [-0.15, -0.1) is 0 Å². The van der Waals surface area contributed by atoms with Crippen molar-refractivity contribution in [2.45, 2.75) is 26.7 Å². The standard InChI is InChI=1S/C18H27N3O3/c1-18(2,16(22)19-10-13-24-3)17(23)20-14-6-8-15(9-7-14)21-11-4-5-12-21/h6-9H,4-5,10-13H2,1-3H3,(H,19,22)(H,20,23). The number of nitrogens with one attached hydrogen (secondary N) is 2. The third kappa shape index (κ3) is 4.47. The first-order valence-electron chi connectivity index (χ1n) is 8.39. The predicted octanol–water partition coefficient (Wildman–Crippen LogP) is 2.01. The van der Waals surface area contributed by atoms with E-state index in [2.05, 4.69) is 15.5 Å². The number of rotatable bonds is 7. The molecular formula is C18H27N3O3. The topological polar surface area (TPSA) is 70.7 Å². The fourth-order valence-electron chi connectivity index (χ4n) is 2.61. The van der Waals surface area contributed by atoms with Crippen molar-refractivity contribution in [3.63, 3.8) is 0 Å². The molecule has 0 spiro atoms. The average Bonchev–Trinajstić information content (AvgIpc) is 3.10. The zero-order valence-corrected chi connectivity index (χ0v) is 14.7. The van der Waals surface area contributed by atoms with Gasteiger partial charge in [0, 0.05) is 38.1 Å². The average molecular weight is 333 g/mol. The van der Waals surface area contributed by atoms with E-state index in [1.54, 1.807) is 21.0 Å². The molecular weight excluding hydrogens is 306 g/mol. The number of benzene rings is 1. The lowest BCUT2D eigenvalue weighted by Crippen LogP contribution is -2.45. The van der Waals surface area contributed by atoms with Crippen LogP contribution in [0.3, 0.4) is 0 Å². The summed E-state index contributed by atoms with van der Waals surface area (Å²) in [7, 11) is 1.57. The Hall–Kier alpha value is -2.08. The Kier molecular flexibility index (Phi) is 6.20. The van der Waals surface area contributed by atoms with Crippen molar-refractivity contribution in [2.24, 2.45) is 5.41 Å². The van der Waals surface area contributed by atoms with E-state index in [0.29, 0.717) is 18.8 Å². The molecule has 1 aliphatic heterocycles. The van der Waals surface area contributed by atoms with Crippen LogP contribution in [-0.2, 0) is 14.3 Å². The van der Waals surface area contributed by atoms with E-state index in [4.69, 9.17) is 4.74 Å². The third-order valence-electron chi connectivity index (χ3n) is 4.32. The second-order valence-corrected chi connectivity index (χ2v) is 6.57. The number of carbonyl (C=O) groups is 2. The first-order valence-corrected chi connectivity index (χ1v) is 8.39. The van der Waals surface area contributed by atoms with Gasteiger partial charge in [0.15, 0.2) is 0 Å². The van der Waals surface area contributed by atoms with Crippen LogP contribution >= 0.6 is 0 Å². The van der Waals surface area contributed by atoms with Crippen molar-refractivity contribution < 1.29 is 14.3 Å². The van der Waals surface area contributed by atoms with Gasteiger partial charge in [-0.2, -0.15) is 0 Å². The highest BCUT2D eigenvalue weighted by atomic mass is 16.5. The lowest BCUT2D eigenvalue weighted by molar-refractivity contribution is -0.138. The molecule has 6 nitrogen and oxygen atoms in total. The maximum atomic E-state index is 12.4. The van der Waals surface area contributed by atoms with Crippen LogP contribution < -0.4 is 15.5 Å². The molecule has 1 heterocycles. The van der Waals surface area contributed by atoms with Crippen LogP contribution in [0.15, 0.2) is 24.3 Å². The zero-order chi connectivity index (χ0) is 17.6. The summed E-state index contributed by atoms with van der Waals surface area (Å²) in [4.78, 5) is 26.9. The van der Waals surface area contributed by atoms with E-state index in [0.717, 1.165) is 13.1 Å². The number of anilines is 2. The maximum absolute atomic E-state index is 12.4. The summed E-state index contributed by atoms with van der Waals surface area (Å²) < 4.78 is 4.90. The molecule has 2 amide bonds. The van der Waals surface area contributed by atoms with Crippen LogP contribution in [0.1, 0.15) is 26.7 Å². The molecule has 0 unspecified atom stereocenters. The van der Waals surface area contributed by atoms with Crippen LogP contribution in [0.25, 0.3) is 0 Å². The van der Waals surface area contributed by atoms with Crippen molar-refractivity contribution >= 4 is 23.2 Å². The summed E-state index contributed by atoms with van der Waals surface area (Å²) >= 11 is 0. The van der Waals surface area contributed by atoms with Gasteiger partial charge in [-0.05, 0) is 51.0 Å². The quantitative estimate of drug-likeness (QED) is 0.591. The highest BCUT2D eigenvalue weighted by molar-refractivity contribution is 6.09. The summed E-state index contributed by atoms with van der Waals surface area (Å²) in [5, 5.41) is 5.53. The second kappa shape index (κ2) is 8.15. The Morgan fingerprint density at radius 2 is 1.75 bits per heavy atom. The van der Waals surface area contributed by atoms with Gasteiger partial charge in [-0.3, -0.25) is 9.59 Å². The molecule has 2 rings (SSSR count). The molecule has 1 aromatic rings. The summed E-state index contributed by atoms with van der Waals surface area (Å²) in [5.41, 5.74) is 0.712. The summed E-state index contributed by atoms with van der Waals surface area (Å²) in [6.45, 7) is 6.20. The van der Waals surface area contributed by atoms with Gasteiger partial charge >= 0.3 is 0 Å². The van der Waals surface area contributed by atoms with Gasteiger partial charge in [0.05, 0.1) is 6.61 Å². The van der Waals surface area contributed by atoms with E-state index in [1.165, 1.54) is 18.5 Å². The van der Waals surface area contributed by atoms with Gasteiger partial charge in [0.1, 0.15) is 5.41 Å². The fourth-order valence-corrected chi connectivity index (χ4v) is 2.61. The van der Waals surface area contributed by atoms with E-state index in [-0.39, 0.29) is 11.8 Å². The minimum atomic E-state index is -1.15. The SMILES string of the molecule is COCCNC(=O)C(C)(C)C(=O)Nc1ccc(N2CCCC2)cc1. The zero-order valence-electron chi connectivity index (χ0n) is 14.7. The molecule has 0 atom stereocenters. The number of hydrogen-bond donors (Lipinski definition) is 2. The van der Waals surface area contributed by atoms with Gasteiger partial charge in [0.25, 0.3) is 0 Å². The number of carbonyl (C=O) groups excluding carboxylic acids is 2. The van der Waals surface area contributed by atoms with E-state index in [9.17, 15) is 9.59 Å². The van der Waals surface area contributed by atoms with Gasteiger partial charge < -0.3 is 20.3 Å². The third-order valence-corrected chi connectivity index (χ3v) is 4.32. The molecule has 0 saturated carbocycles. The van der Waals surface area contributed by atoms with Crippen LogP contribution in [0.2, 0.25) is 0 Å². The Labute approximate surface area is 143 Å².